The molecule has 0 unspecified atom stereocenters. The number of nitriles is 2. The molecule has 33 heavy (non-hydrogen) atoms. The van der Waals surface area contributed by atoms with Crippen LogP contribution in [0.25, 0.3) is 0 Å². The Labute approximate surface area is 201 Å². The van der Waals surface area contributed by atoms with Crippen LogP contribution in [0, 0.1) is 22.7 Å². The minimum Gasteiger partial charge on any atom is -0.349 e. The molecule has 0 aliphatic rings. The van der Waals surface area contributed by atoms with Gasteiger partial charge in [0.2, 0.25) is 9.84 Å². The standard InChI is InChI=1S/C24H17ClN4O2S2/c1-32-24(18(14-26)15-27)29-21-8-12-23(13-9-21)33(30,31)22-10-6-20(7-11-22)28-16-17-2-4-19(25)5-3-17/h2-13,16,29H,1H3. The van der Waals surface area contributed by atoms with Crippen molar-refractivity contribution >= 4 is 50.8 Å². The molecule has 0 fully saturated rings. The summed E-state index contributed by atoms with van der Waals surface area (Å²) in [6, 6.07) is 23.3. The maximum Gasteiger partial charge on any atom is 0.206 e. The molecule has 0 heterocycles. The van der Waals surface area contributed by atoms with E-state index < -0.39 is 9.84 Å². The molecule has 9 heteroatoms. The third kappa shape index (κ3) is 6.03. The summed E-state index contributed by atoms with van der Waals surface area (Å²) in [6.45, 7) is 0. The summed E-state index contributed by atoms with van der Waals surface area (Å²) < 4.78 is 26.0. The molecule has 0 amide bonds. The average molecular weight is 493 g/mol. The SMILES string of the molecule is CSC(Nc1ccc(S(=O)(=O)c2ccc(N=Cc3ccc(Cl)cc3)cc2)cc1)=C(C#N)C#N. The van der Waals surface area contributed by atoms with Crippen molar-refractivity contribution in [2.45, 2.75) is 9.79 Å². The van der Waals surface area contributed by atoms with Gasteiger partial charge in [-0.2, -0.15) is 10.5 Å². The van der Waals surface area contributed by atoms with Gasteiger partial charge in [-0.3, -0.25) is 4.99 Å². The van der Waals surface area contributed by atoms with Crippen LogP contribution in [0.4, 0.5) is 11.4 Å². The van der Waals surface area contributed by atoms with Gasteiger partial charge in [0, 0.05) is 16.9 Å². The van der Waals surface area contributed by atoms with Crippen molar-refractivity contribution in [2.75, 3.05) is 11.6 Å². The molecule has 0 atom stereocenters. The smallest absolute Gasteiger partial charge is 0.206 e. The zero-order valence-electron chi connectivity index (χ0n) is 17.4. The first-order chi connectivity index (χ1) is 15.9. The van der Waals surface area contributed by atoms with Gasteiger partial charge in [0.05, 0.1) is 15.5 Å². The monoisotopic (exact) mass is 492 g/mol. The number of allylic oxidation sites excluding steroid dienone is 1. The summed E-state index contributed by atoms with van der Waals surface area (Å²) in [5.41, 5.74) is 2.01. The molecule has 164 valence electrons. The second-order valence-corrected chi connectivity index (χ2v) is 9.79. The number of thioether (sulfide) groups is 1. The zero-order valence-corrected chi connectivity index (χ0v) is 19.7. The number of anilines is 1. The van der Waals surface area contributed by atoms with E-state index in [1.54, 1.807) is 48.9 Å². The first-order valence-electron chi connectivity index (χ1n) is 9.47. The van der Waals surface area contributed by atoms with E-state index in [2.05, 4.69) is 10.3 Å². The Morgan fingerprint density at radius 3 is 2.00 bits per heavy atom. The summed E-state index contributed by atoms with van der Waals surface area (Å²) in [6.07, 6.45) is 3.41. The number of rotatable bonds is 7. The third-order valence-corrected chi connectivity index (χ3v) is 7.21. The van der Waals surface area contributed by atoms with Crippen LogP contribution in [0.3, 0.4) is 0 Å². The highest BCUT2D eigenvalue weighted by Gasteiger charge is 2.17. The van der Waals surface area contributed by atoms with E-state index in [-0.39, 0.29) is 15.4 Å². The van der Waals surface area contributed by atoms with Gasteiger partial charge in [-0.25, -0.2) is 8.42 Å². The molecule has 6 nitrogen and oxygen atoms in total. The molecule has 0 aliphatic carbocycles. The highest BCUT2D eigenvalue weighted by Crippen LogP contribution is 2.26. The average Bonchev–Trinajstić information content (AvgIpc) is 2.84. The number of hydrogen-bond acceptors (Lipinski definition) is 7. The Bertz CT molecular complexity index is 1370. The van der Waals surface area contributed by atoms with Gasteiger partial charge in [-0.05, 0) is 72.5 Å². The Morgan fingerprint density at radius 1 is 0.939 bits per heavy atom. The number of hydrogen-bond donors (Lipinski definition) is 1. The molecule has 0 radical (unpaired) electrons. The van der Waals surface area contributed by atoms with Crippen LogP contribution in [0.5, 0.6) is 0 Å². The predicted molar refractivity (Wildman–Crippen MR) is 132 cm³/mol. The van der Waals surface area contributed by atoms with Crippen LogP contribution in [0.15, 0.2) is 98.2 Å². The topological polar surface area (TPSA) is 106 Å². The van der Waals surface area contributed by atoms with Gasteiger partial charge in [0.15, 0.2) is 5.57 Å². The second-order valence-electron chi connectivity index (χ2n) is 6.59. The molecule has 0 aliphatic heterocycles. The second kappa shape index (κ2) is 10.8. The Kier molecular flexibility index (Phi) is 7.92. The molecule has 3 aromatic carbocycles. The lowest BCUT2D eigenvalue weighted by Crippen LogP contribution is -2.03. The normalized spacial score (nSPS) is 10.9. The lowest BCUT2D eigenvalue weighted by molar-refractivity contribution is 0.596. The van der Waals surface area contributed by atoms with Crippen LogP contribution < -0.4 is 5.32 Å². The fraction of sp³-hybridized carbons (Fsp3) is 0.0417. The van der Waals surface area contributed by atoms with Crippen molar-refractivity contribution in [3.63, 3.8) is 0 Å². The van der Waals surface area contributed by atoms with Gasteiger partial charge in [0.1, 0.15) is 17.2 Å². The number of benzene rings is 3. The lowest BCUT2D eigenvalue weighted by atomic mass is 10.2. The quantitative estimate of drug-likeness (QED) is 0.322. The Balaban J connectivity index is 1.77. The van der Waals surface area contributed by atoms with Crippen LogP contribution in [-0.2, 0) is 9.84 Å². The summed E-state index contributed by atoms with van der Waals surface area (Å²) in [5, 5.41) is 22.1. The molecule has 1 N–H and O–H groups in total. The van der Waals surface area contributed by atoms with E-state index in [0.717, 1.165) is 5.56 Å². The minimum atomic E-state index is -3.72. The van der Waals surface area contributed by atoms with Gasteiger partial charge < -0.3 is 5.32 Å². The zero-order chi connectivity index (χ0) is 23.8. The number of aliphatic imine (C=N–C) groups is 1. The van der Waals surface area contributed by atoms with Gasteiger partial charge in [-0.15, -0.1) is 11.8 Å². The van der Waals surface area contributed by atoms with Crippen molar-refractivity contribution in [3.8, 4) is 12.1 Å². The summed E-state index contributed by atoms with van der Waals surface area (Å²) in [4.78, 5) is 4.63. The van der Waals surface area contributed by atoms with Crippen LogP contribution in [0.2, 0.25) is 5.02 Å². The van der Waals surface area contributed by atoms with E-state index in [0.29, 0.717) is 21.4 Å². The summed E-state index contributed by atoms with van der Waals surface area (Å²) in [5.74, 6) is 0. The van der Waals surface area contributed by atoms with Gasteiger partial charge in [0.25, 0.3) is 0 Å². The fourth-order valence-corrected chi connectivity index (χ4v) is 4.64. The highest BCUT2D eigenvalue weighted by molar-refractivity contribution is 8.02. The predicted octanol–water partition coefficient (Wildman–Crippen LogP) is 5.96. The molecule has 0 aromatic heterocycles. The molecule has 0 saturated heterocycles. The van der Waals surface area contributed by atoms with E-state index in [9.17, 15) is 8.42 Å². The number of nitrogens with zero attached hydrogens (tertiary/aromatic N) is 3. The van der Waals surface area contributed by atoms with Gasteiger partial charge in [-0.1, -0.05) is 23.7 Å². The molecule has 0 spiro atoms. The van der Waals surface area contributed by atoms with E-state index >= 15 is 0 Å². The summed E-state index contributed by atoms with van der Waals surface area (Å²) >= 11 is 7.09. The van der Waals surface area contributed by atoms with Crippen molar-refractivity contribution in [2.24, 2.45) is 4.99 Å². The maximum atomic E-state index is 13.0. The Morgan fingerprint density at radius 2 is 1.48 bits per heavy atom. The molecular weight excluding hydrogens is 476 g/mol. The molecule has 3 rings (SSSR count). The minimum absolute atomic E-state index is 0.0435. The first-order valence-corrected chi connectivity index (χ1v) is 12.6. The van der Waals surface area contributed by atoms with Crippen molar-refractivity contribution in [3.05, 3.63) is 94.0 Å². The van der Waals surface area contributed by atoms with E-state index in [1.165, 1.54) is 36.0 Å². The lowest BCUT2D eigenvalue weighted by Gasteiger charge is -2.10. The number of nitrogens with one attached hydrogen (secondary N) is 1. The largest absolute Gasteiger partial charge is 0.349 e. The number of halogens is 1. The van der Waals surface area contributed by atoms with Crippen LogP contribution in [-0.4, -0.2) is 20.9 Å². The van der Waals surface area contributed by atoms with Crippen molar-refractivity contribution in [1.82, 2.24) is 0 Å². The fourth-order valence-electron chi connectivity index (χ4n) is 2.74. The molecule has 0 bridgehead atoms. The molecular formula is C24H17ClN4O2S2. The molecule has 3 aromatic rings. The van der Waals surface area contributed by atoms with E-state index in [1.807, 2.05) is 24.3 Å². The van der Waals surface area contributed by atoms with Crippen LogP contribution >= 0.6 is 23.4 Å². The first kappa shape index (κ1) is 24.1. The Hall–Kier alpha value is -3.56. The van der Waals surface area contributed by atoms with Crippen LogP contribution in [0.1, 0.15) is 5.56 Å². The van der Waals surface area contributed by atoms with E-state index in [4.69, 9.17) is 22.1 Å². The maximum absolute atomic E-state index is 13.0. The van der Waals surface area contributed by atoms with Crippen molar-refractivity contribution in [1.29, 1.82) is 10.5 Å². The van der Waals surface area contributed by atoms with Crippen molar-refractivity contribution < 1.29 is 8.42 Å². The highest BCUT2D eigenvalue weighted by atomic mass is 35.5. The third-order valence-electron chi connectivity index (χ3n) is 4.46. The summed E-state index contributed by atoms with van der Waals surface area (Å²) in [7, 11) is -3.72. The molecule has 0 saturated carbocycles. The van der Waals surface area contributed by atoms with Gasteiger partial charge >= 0.3 is 0 Å². The number of sulfone groups is 1.